The topological polar surface area (TPSA) is 75.5 Å². The average Bonchev–Trinajstić information content (AvgIpc) is 2.91. The van der Waals surface area contributed by atoms with E-state index in [1.165, 1.54) is 10.7 Å². The fraction of sp³-hybridized carbons (Fsp3) is 0.448. The van der Waals surface area contributed by atoms with Gasteiger partial charge in [0.1, 0.15) is 11.6 Å². The van der Waals surface area contributed by atoms with Crippen LogP contribution < -0.4 is 10.5 Å². The maximum Gasteiger partial charge on any atom is 0.276 e. The number of anilines is 1. The molecule has 1 aliphatic rings. The molecule has 2 aromatic carbocycles. The molecule has 7 nitrogen and oxygen atoms in total. The van der Waals surface area contributed by atoms with E-state index in [4.69, 9.17) is 0 Å². The van der Waals surface area contributed by atoms with Gasteiger partial charge in [0.15, 0.2) is 0 Å². The van der Waals surface area contributed by atoms with Crippen LogP contribution in [0.2, 0.25) is 0 Å². The molecule has 0 saturated carbocycles. The van der Waals surface area contributed by atoms with Gasteiger partial charge in [-0.15, -0.1) is 0 Å². The van der Waals surface area contributed by atoms with Crippen LogP contribution in [0.15, 0.2) is 59.5 Å². The molecule has 0 bridgehead atoms. The maximum atomic E-state index is 13.9. The number of nitrogens with zero attached hydrogens (tertiary/aromatic N) is 4. The SMILES string of the molecule is CCCCCCCCc1c(N2CCN(S(=O)(=O)Cc3ccccc3)CC2)cnn(-c2cc(F)cc(F)c2)c1=O. The van der Waals surface area contributed by atoms with Gasteiger partial charge in [-0.3, -0.25) is 4.79 Å². The van der Waals surface area contributed by atoms with Crippen molar-refractivity contribution >= 4 is 15.7 Å². The van der Waals surface area contributed by atoms with Crippen LogP contribution in [0.3, 0.4) is 0 Å². The zero-order chi connectivity index (χ0) is 27.8. The van der Waals surface area contributed by atoms with Crippen LogP contribution in [0.4, 0.5) is 14.5 Å². The first-order chi connectivity index (χ1) is 18.8. The predicted octanol–water partition coefficient (Wildman–Crippen LogP) is 5.07. The molecule has 39 heavy (non-hydrogen) atoms. The first-order valence-electron chi connectivity index (χ1n) is 13.6. The lowest BCUT2D eigenvalue weighted by atomic mass is 10.0. The van der Waals surface area contributed by atoms with Crippen LogP contribution in [0, 0.1) is 11.6 Å². The molecule has 0 atom stereocenters. The smallest absolute Gasteiger partial charge is 0.276 e. The molecule has 4 rings (SSSR count). The quantitative estimate of drug-likeness (QED) is 0.290. The summed E-state index contributed by atoms with van der Waals surface area (Å²) in [6.07, 6.45) is 8.39. The third-order valence-electron chi connectivity index (χ3n) is 7.09. The van der Waals surface area contributed by atoms with Gasteiger partial charge in [0.25, 0.3) is 5.56 Å². The molecule has 0 unspecified atom stereocenters. The summed E-state index contributed by atoms with van der Waals surface area (Å²) in [5.74, 6) is -1.62. The van der Waals surface area contributed by atoms with Crippen molar-refractivity contribution in [3.05, 3.63) is 87.8 Å². The standard InChI is InChI=1S/C29H36F2N4O3S/c1-2-3-4-5-6-10-13-27-28(21-32-35(29(27)36)26-19-24(30)18-25(31)20-26)33-14-16-34(17-15-33)39(37,38)22-23-11-8-7-9-12-23/h7-9,11-12,18-21H,2-6,10,13-17,22H2,1H3. The Kier molecular flexibility index (Phi) is 9.85. The number of hydrogen-bond acceptors (Lipinski definition) is 5. The number of rotatable bonds is 12. The second-order valence-corrected chi connectivity index (χ2v) is 12.0. The van der Waals surface area contributed by atoms with Gasteiger partial charge in [-0.25, -0.2) is 17.2 Å². The van der Waals surface area contributed by atoms with E-state index in [9.17, 15) is 22.0 Å². The highest BCUT2D eigenvalue weighted by atomic mass is 32.2. The summed E-state index contributed by atoms with van der Waals surface area (Å²) >= 11 is 0. The molecule has 2 heterocycles. The van der Waals surface area contributed by atoms with Gasteiger partial charge in [0, 0.05) is 37.8 Å². The summed E-state index contributed by atoms with van der Waals surface area (Å²) in [6.45, 7) is 3.58. The highest BCUT2D eigenvalue weighted by molar-refractivity contribution is 7.88. The Bertz CT molecular complexity index is 1390. The van der Waals surface area contributed by atoms with Gasteiger partial charge in [-0.1, -0.05) is 69.4 Å². The van der Waals surface area contributed by atoms with Crippen molar-refractivity contribution in [1.82, 2.24) is 14.1 Å². The zero-order valence-electron chi connectivity index (χ0n) is 22.4. The number of benzene rings is 2. The summed E-state index contributed by atoms with van der Waals surface area (Å²) in [6, 6.07) is 12.0. The third-order valence-corrected chi connectivity index (χ3v) is 8.94. The van der Waals surface area contributed by atoms with Crippen LogP contribution in [0.1, 0.15) is 56.6 Å². The minimum atomic E-state index is -3.48. The minimum Gasteiger partial charge on any atom is -0.367 e. The van der Waals surface area contributed by atoms with Crippen molar-refractivity contribution in [3.63, 3.8) is 0 Å². The lowest BCUT2D eigenvalue weighted by molar-refractivity contribution is 0.383. The van der Waals surface area contributed by atoms with E-state index in [2.05, 4.69) is 12.0 Å². The molecule has 0 radical (unpaired) electrons. The maximum absolute atomic E-state index is 13.9. The predicted molar refractivity (Wildman–Crippen MR) is 150 cm³/mol. The van der Waals surface area contributed by atoms with Crippen LogP contribution in [-0.4, -0.2) is 48.7 Å². The van der Waals surface area contributed by atoms with E-state index in [-0.39, 0.29) is 11.4 Å². The van der Waals surface area contributed by atoms with E-state index >= 15 is 0 Å². The summed E-state index contributed by atoms with van der Waals surface area (Å²) in [5.41, 5.74) is 1.55. The van der Waals surface area contributed by atoms with E-state index in [0.717, 1.165) is 60.5 Å². The van der Waals surface area contributed by atoms with Crippen LogP contribution in [0.25, 0.3) is 5.69 Å². The molecule has 10 heteroatoms. The molecule has 0 spiro atoms. The van der Waals surface area contributed by atoms with Crippen molar-refractivity contribution in [2.45, 2.75) is 57.6 Å². The van der Waals surface area contributed by atoms with Crippen LogP contribution in [-0.2, 0) is 22.2 Å². The third kappa shape index (κ3) is 7.51. The molecule has 1 aromatic heterocycles. The number of aromatic nitrogens is 2. The Balaban J connectivity index is 1.54. The van der Waals surface area contributed by atoms with Crippen LogP contribution in [0.5, 0.6) is 0 Å². The summed E-state index contributed by atoms with van der Waals surface area (Å²) in [5, 5.41) is 4.26. The molecule has 1 saturated heterocycles. The Labute approximate surface area is 229 Å². The molecular formula is C29H36F2N4O3S. The summed E-state index contributed by atoms with van der Waals surface area (Å²) in [4.78, 5) is 15.6. The van der Waals surface area contributed by atoms with Gasteiger partial charge < -0.3 is 4.90 Å². The Morgan fingerprint density at radius 3 is 2.18 bits per heavy atom. The molecule has 1 fully saturated rings. The monoisotopic (exact) mass is 558 g/mol. The molecule has 3 aromatic rings. The lowest BCUT2D eigenvalue weighted by Crippen LogP contribution is -2.49. The van der Waals surface area contributed by atoms with E-state index in [1.54, 1.807) is 18.3 Å². The van der Waals surface area contributed by atoms with Gasteiger partial charge in [0.05, 0.1) is 23.3 Å². The first-order valence-corrected chi connectivity index (χ1v) is 15.2. The molecular weight excluding hydrogens is 522 g/mol. The van der Waals surface area contributed by atoms with Gasteiger partial charge in [-0.2, -0.15) is 14.1 Å². The highest BCUT2D eigenvalue weighted by Crippen LogP contribution is 2.23. The number of hydrogen-bond donors (Lipinski definition) is 0. The normalized spacial score (nSPS) is 14.6. The largest absolute Gasteiger partial charge is 0.367 e. The van der Waals surface area contributed by atoms with Gasteiger partial charge >= 0.3 is 0 Å². The molecule has 0 N–H and O–H groups in total. The van der Waals surface area contributed by atoms with E-state index < -0.39 is 27.2 Å². The fourth-order valence-corrected chi connectivity index (χ4v) is 6.51. The van der Waals surface area contributed by atoms with Crippen molar-refractivity contribution in [2.24, 2.45) is 0 Å². The Morgan fingerprint density at radius 2 is 1.51 bits per heavy atom. The Morgan fingerprint density at radius 1 is 0.872 bits per heavy atom. The average molecular weight is 559 g/mol. The second kappa shape index (κ2) is 13.3. The van der Waals surface area contributed by atoms with E-state index in [1.807, 2.05) is 23.1 Å². The van der Waals surface area contributed by atoms with Gasteiger partial charge in [0.2, 0.25) is 10.0 Å². The van der Waals surface area contributed by atoms with Crippen molar-refractivity contribution in [1.29, 1.82) is 0 Å². The first kappa shape index (κ1) is 28.9. The van der Waals surface area contributed by atoms with Gasteiger partial charge in [-0.05, 0) is 30.5 Å². The zero-order valence-corrected chi connectivity index (χ0v) is 23.2. The van der Waals surface area contributed by atoms with Crippen molar-refractivity contribution in [2.75, 3.05) is 31.1 Å². The van der Waals surface area contributed by atoms with Crippen molar-refractivity contribution < 1.29 is 17.2 Å². The Hall–Kier alpha value is -3.11. The molecule has 1 aliphatic heterocycles. The number of unbranched alkanes of at least 4 members (excludes halogenated alkanes) is 5. The molecule has 0 aliphatic carbocycles. The summed E-state index contributed by atoms with van der Waals surface area (Å²) in [7, 11) is -3.48. The number of piperazine rings is 1. The molecule has 210 valence electrons. The number of halogens is 2. The molecule has 0 amide bonds. The van der Waals surface area contributed by atoms with Crippen LogP contribution >= 0.6 is 0 Å². The highest BCUT2D eigenvalue weighted by Gasteiger charge is 2.29. The lowest BCUT2D eigenvalue weighted by Gasteiger charge is -2.36. The second-order valence-electron chi connectivity index (χ2n) is 10.00. The van der Waals surface area contributed by atoms with Crippen molar-refractivity contribution in [3.8, 4) is 5.69 Å². The number of sulfonamides is 1. The fourth-order valence-electron chi connectivity index (χ4n) is 5.00. The summed E-state index contributed by atoms with van der Waals surface area (Å²) < 4.78 is 56.3. The minimum absolute atomic E-state index is 0.0325. The van der Waals surface area contributed by atoms with E-state index in [0.29, 0.717) is 43.9 Å².